The van der Waals surface area contributed by atoms with E-state index in [1.807, 2.05) is 18.2 Å². The zero-order valence-electron chi connectivity index (χ0n) is 21.4. The normalized spacial score (nSPS) is 15.7. The Hall–Kier alpha value is -4.28. The first-order chi connectivity index (χ1) is 18.8. The highest BCUT2D eigenvalue weighted by atomic mass is 32.2. The number of carbonyl (C=O) groups is 1. The molecule has 1 fully saturated rings. The van der Waals surface area contributed by atoms with Gasteiger partial charge in [-0.3, -0.25) is 15.2 Å². The maximum Gasteiger partial charge on any atom is 0.244 e. The number of sulfonamides is 1. The van der Waals surface area contributed by atoms with E-state index in [0.717, 1.165) is 16.3 Å². The Balaban J connectivity index is 1.48. The second-order valence-electron chi connectivity index (χ2n) is 9.42. The smallest absolute Gasteiger partial charge is 0.244 e. The van der Waals surface area contributed by atoms with E-state index in [-0.39, 0.29) is 23.2 Å². The van der Waals surface area contributed by atoms with Gasteiger partial charge in [-0.05, 0) is 65.2 Å². The number of nitrogens with one attached hydrogen (secondary N) is 1. The molecule has 3 N–H and O–H groups in total. The zero-order chi connectivity index (χ0) is 27.6. The molecule has 0 radical (unpaired) electrons. The van der Waals surface area contributed by atoms with Crippen molar-refractivity contribution in [3.8, 4) is 5.75 Å². The Kier molecular flexibility index (Phi) is 7.32. The molecule has 39 heavy (non-hydrogen) atoms. The molecule has 0 saturated carbocycles. The van der Waals surface area contributed by atoms with Gasteiger partial charge < -0.3 is 15.4 Å². The van der Waals surface area contributed by atoms with Gasteiger partial charge in [0.25, 0.3) is 0 Å². The molecule has 0 unspecified atom stereocenters. The molecule has 0 bridgehead atoms. The minimum Gasteiger partial charge on any atom is -0.497 e. The van der Waals surface area contributed by atoms with Crippen LogP contribution in [0.15, 0.2) is 90.0 Å². The highest BCUT2D eigenvalue weighted by Crippen LogP contribution is 2.30. The Morgan fingerprint density at radius 2 is 1.90 bits per heavy atom. The average Bonchev–Trinajstić information content (AvgIpc) is 3.30. The van der Waals surface area contributed by atoms with Crippen LogP contribution in [0.25, 0.3) is 10.8 Å². The molecule has 4 aromatic rings. The molecule has 0 spiro atoms. The number of rotatable bonds is 9. The molecule has 1 atom stereocenters. The number of hydrogen-bond donors (Lipinski definition) is 2. The van der Waals surface area contributed by atoms with Crippen molar-refractivity contribution in [2.24, 2.45) is 5.73 Å². The van der Waals surface area contributed by atoms with Crippen molar-refractivity contribution in [1.82, 2.24) is 14.2 Å². The van der Waals surface area contributed by atoms with Crippen molar-refractivity contribution in [2.75, 3.05) is 13.7 Å². The number of nitrogens with zero attached hydrogens (tertiary/aromatic N) is 3. The van der Waals surface area contributed by atoms with E-state index in [1.165, 1.54) is 4.31 Å². The molecule has 10 heteroatoms. The van der Waals surface area contributed by atoms with Crippen molar-refractivity contribution in [3.05, 3.63) is 102 Å². The van der Waals surface area contributed by atoms with Gasteiger partial charge in [0.1, 0.15) is 17.6 Å². The first kappa shape index (κ1) is 26.3. The number of carbonyl (C=O) groups excluding carboxylic acids is 1. The fraction of sp³-hybridized carbons (Fsp3) is 0.207. The van der Waals surface area contributed by atoms with Crippen molar-refractivity contribution in [1.29, 1.82) is 5.41 Å². The minimum atomic E-state index is -4.08. The monoisotopic (exact) mass is 543 g/mol. The number of benzene rings is 3. The van der Waals surface area contributed by atoms with Crippen molar-refractivity contribution in [2.45, 2.75) is 30.4 Å². The molecule has 1 aliphatic rings. The molecule has 1 amide bonds. The molecular weight excluding hydrogens is 514 g/mol. The van der Waals surface area contributed by atoms with Crippen LogP contribution in [0.2, 0.25) is 0 Å². The van der Waals surface area contributed by atoms with Crippen LogP contribution in [0, 0.1) is 5.41 Å². The van der Waals surface area contributed by atoms with E-state index in [1.54, 1.807) is 78.9 Å². The number of amides is 1. The van der Waals surface area contributed by atoms with Crippen LogP contribution in [-0.4, -0.2) is 54.0 Å². The van der Waals surface area contributed by atoms with E-state index in [2.05, 4.69) is 4.98 Å². The summed E-state index contributed by atoms with van der Waals surface area (Å²) in [5.74, 6) is 0.297. The number of nitrogens with two attached hydrogens (primary N) is 1. The largest absolute Gasteiger partial charge is 0.497 e. The van der Waals surface area contributed by atoms with E-state index < -0.39 is 16.1 Å². The van der Waals surface area contributed by atoms with Gasteiger partial charge in [-0.25, -0.2) is 8.42 Å². The third kappa shape index (κ3) is 5.47. The third-order valence-electron chi connectivity index (χ3n) is 6.90. The summed E-state index contributed by atoms with van der Waals surface area (Å²) >= 11 is 0. The first-order valence-corrected chi connectivity index (χ1v) is 13.9. The standard InChI is InChI=1S/C29H29N5O4S/c1-38-25-10-8-21-9-11-26(17-23(21)16-25)39(36,37)34(19-24-7-2-3-13-32-24)27-12-14-33(29(27)35)18-20-5-4-6-22(15-20)28(30)31/h2-11,13,15-17,27H,12,14,18-19H2,1H3,(H3,30,31)/t27-/m0/s1. The highest BCUT2D eigenvalue weighted by Gasteiger charge is 2.42. The predicted molar refractivity (Wildman–Crippen MR) is 149 cm³/mol. The van der Waals surface area contributed by atoms with E-state index in [4.69, 9.17) is 15.9 Å². The van der Waals surface area contributed by atoms with Crippen LogP contribution in [0.4, 0.5) is 0 Å². The second-order valence-corrected chi connectivity index (χ2v) is 11.3. The number of pyridine rings is 1. The van der Waals surface area contributed by atoms with Crippen LogP contribution in [0.5, 0.6) is 5.75 Å². The van der Waals surface area contributed by atoms with Gasteiger partial charge in [0.15, 0.2) is 0 Å². The Labute approximate surface area is 227 Å². The number of amidine groups is 1. The summed E-state index contributed by atoms with van der Waals surface area (Å²) in [4.78, 5) is 19.7. The molecule has 3 aromatic carbocycles. The van der Waals surface area contributed by atoms with E-state index in [9.17, 15) is 13.2 Å². The molecular formula is C29H29N5O4S. The number of nitrogen functional groups attached to an aromatic ring is 1. The second kappa shape index (κ2) is 10.8. The molecule has 1 saturated heterocycles. The van der Waals surface area contributed by atoms with Crippen LogP contribution in [0.1, 0.15) is 23.2 Å². The lowest BCUT2D eigenvalue weighted by molar-refractivity contribution is -0.131. The number of hydrogen-bond acceptors (Lipinski definition) is 6. The van der Waals surface area contributed by atoms with Crippen LogP contribution in [0.3, 0.4) is 0 Å². The summed E-state index contributed by atoms with van der Waals surface area (Å²) in [5, 5.41) is 9.28. The van der Waals surface area contributed by atoms with Crippen molar-refractivity contribution >= 4 is 32.5 Å². The van der Waals surface area contributed by atoms with Gasteiger partial charge in [0.05, 0.1) is 24.2 Å². The Bertz CT molecular complexity index is 1640. The summed E-state index contributed by atoms with van der Waals surface area (Å²) in [6.45, 7) is 0.657. The predicted octanol–water partition coefficient (Wildman–Crippen LogP) is 3.52. The van der Waals surface area contributed by atoms with Crippen LogP contribution in [-0.2, 0) is 27.9 Å². The molecule has 1 aromatic heterocycles. The van der Waals surface area contributed by atoms with Crippen LogP contribution >= 0.6 is 0 Å². The summed E-state index contributed by atoms with van der Waals surface area (Å²) in [6, 6.07) is 22.0. The number of methoxy groups -OCH3 is 1. The summed E-state index contributed by atoms with van der Waals surface area (Å²) in [7, 11) is -2.52. The average molecular weight is 544 g/mol. The third-order valence-corrected chi connectivity index (χ3v) is 8.75. The maximum atomic E-state index is 14.1. The summed E-state index contributed by atoms with van der Waals surface area (Å²) < 4.78 is 34.8. The molecule has 1 aliphatic heterocycles. The maximum absolute atomic E-state index is 14.1. The number of aromatic nitrogens is 1. The first-order valence-electron chi connectivity index (χ1n) is 12.5. The minimum absolute atomic E-state index is 0.0383. The van der Waals surface area contributed by atoms with Crippen LogP contribution < -0.4 is 10.5 Å². The molecule has 9 nitrogen and oxygen atoms in total. The Morgan fingerprint density at radius 3 is 2.64 bits per heavy atom. The SMILES string of the molecule is COc1ccc2ccc(S(=O)(=O)N(Cc3ccccn3)[C@H]3CCN(Cc4cccc(C(=N)N)c4)C3=O)cc2c1. The van der Waals surface area contributed by atoms with Crippen molar-refractivity contribution < 1.29 is 17.9 Å². The van der Waals surface area contributed by atoms with Gasteiger partial charge in [0, 0.05) is 24.8 Å². The van der Waals surface area contributed by atoms with Gasteiger partial charge in [0.2, 0.25) is 15.9 Å². The lowest BCUT2D eigenvalue weighted by atomic mass is 10.1. The quantitative estimate of drug-likeness (QED) is 0.245. The number of likely N-dealkylation sites (tertiary alicyclic amines) is 1. The zero-order valence-corrected chi connectivity index (χ0v) is 22.3. The highest BCUT2D eigenvalue weighted by molar-refractivity contribution is 7.89. The lowest BCUT2D eigenvalue weighted by Crippen LogP contribution is -2.44. The fourth-order valence-corrected chi connectivity index (χ4v) is 6.46. The lowest BCUT2D eigenvalue weighted by Gasteiger charge is -2.27. The summed E-state index contributed by atoms with van der Waals surface area (Å²) in [6.07, 6.45) is 1.95. The topological polar surface area (TPSA) is 130 Å². The van der Waals surface area contributed by atoms with Gasteiger partial charge >= 0.3 is 0 Å². The summed E-state index contributed by atoms with van der Waals surface area (Å²) in [5.41, 5.74) is 7.56. The molecule has 5 rings (SSSR count). The molecule has 200 valence electrons. The van der Waals surface area contributed by atoms with E-state index in [0.29, 0.717) is 36.5 Å². The number of fused-ring (bicyclic) bond motifs is 1. The number of ether oxygens (including phenoxy) is 1. The Morgan fingerprint density at radius 1 is 1.08 bits per heavy atom. The molecule has 2 heterocycles. The van der Waals surface area contributed by atoms with Gasteiger partial charge in [-0.2, -0.15) is 4.31 Å². The van der Waals surface area contributed by atoms with E-state index >= 15 is 0 Å². The molecule has 0 aliphatic carbocycles. The fourth-order valence-electron chi connectivity index (χ4n) is 4.84. The van der Waals surface area contributed by atoms with Gasteiger partial charge in [-0.15, -0.1) is 0 Å². The van der Waals surface area contributed by atoms with Gasteiger partial charge in [-0.1, -0.05) is 36.4 Å². The van der Waals surface area contributed by atoms with Crippen molar-refractivity contribution in [3.63, 3.8) is 0 Å².